The van der Waals surface area contributed by atoms with Gasteiger partial charge in [0.25, 0.3) is 0 Å². The van der Waals surface area contributed by atoms with Crippen molar-refractivity contribution in [3.63, 3.8) is 0 Å². The molecule has 0 N–H and O–H groups in total. The topological polar surface area (TPSA) is 35.4 Å². The van der Waals surface area contributed by atoms with Crippen LogP contribution in [0.5, 0.6) is 0 Å². The largest absolute Gasteiger partial charge is 0.591 e. The predicted octanol–water partition coefficient (Wildman–Crippen LogP) is 3.60. The van der Waals surface area contributed by atoms with Crippen molar-refractivity contribution in [3.8, 4) is 0 Å². The van der Waals surface area contributed by atoms with Crippen LogP contribution in [-0.2, 0) is 11.4 Å². The van der Waals surface area contributed by atoms with Gasteiger partial charge in [-0.2, -0.15) is 0 Å². The molecule has 0 aliphatic carbocycles. The third-order valence-electron chi connectivity index (χ3n) is 1.98. The average Bonchev–Trinajstić information content (AvgIpc) is 2.43. The zero-order valence-electron chi connectivity index (χ0n) is 9.66. The van der Waals surface area contributed by atoms with E-state index in [1.54, 1.807) is 6.92 Å². The second-order valence-electron chi connectivity index (χ2n) is 4.55. The SMILES string of the molecule is CC(=N[S+]([O-])C(C)(C)C)C1SC(Br)=CC1F. The summed E-state index contributed by atoms with van der Waals surface area (Å²) in [6.07, 6.45) is 0.453. The van der Waals surface area contributed by atoms with Crippen LogP contribution in [0.25, 0.3) is 0 Å². The lowest BCUT2D eigenvalue weighted by Crippen LogP contribution is -2.29. The Kier molecular flexibility index (Phi) is 4.92. The minimum Gasteiger partial charge on any atom is -0.591 e. The third kappa shape index (κ3) is 3.75. The Bertz CT molecular complexity index is 327. The lowest BCUT2D eigenvalue weighted by molar-refractivity contribution is 0.421. The van der Waals surface area contributed by atoms with Gasteiger partial charge in [-0.1, -0.05) is 4.40 Å². The fourth-order valence-electron chi connectivity index (χ4n) is 1.07. The van der Waals surface area contributed by atoms with Gasteiger partial charge in [-0.25, -0.2) is 4.39 Å². The van der Waals surface area contributed by atoms with Crippen LogP contribution in [0, 0.1) is 0 Å². The zero-order valence-corrected chi connectivity index (χ0v) is 12.9. The van der Waals surface area contributed by atoms with Crippen molar-refractivity contribution in [2.75, 3.05) is 0 Å². The minimum atomic E-state index is -1.32. The summed E-state index contributed by atoms with van der Waals surface area (Å²) in [5.74, 6) is 0. The summed E-state index contributed by atoms with van der Waals surface area (Å²) in [6, 6.07) is 0. The second-order valence-corrected chi connectivity index (χ2v) is 9.02. The molecule has 0 spiro atoms. The molecule has 92 valence electrons. The van der Waals surface area contributed by atoms with E-state index in [2.05, 4.69) is 20.3 Å². The number of alkyl halides is 1. The summed E-state index contributed by atoms with van der Waals surface area (Å²) in [7, 11) is 0. The molecule has 0 amide bonds. The highest BCUT2D eigenvalue weighted by molar-refractivity contribution is 9.14. The maximum atomic E-state index is 13.5. The number of rotatable bonds is 2. The molecule has 0 bridgehead atoms. The van der Waals surface area contributed by atoms with Crippen molar-refractivity contribution < 1.29 is 8.94 Å². The first-order valence-corrected chi connectivity index (χ1v) is 7.65. The van der Waals surface area contributed by atoms with Crippen LogP contribution in [0.1, 0.15) is 27.7 Å². The molecule has 3 atom stereocenters. The summed E-state index contributed by atoms with van der Waals surface area (Å²) in [5, 5.41) is -0.347. The van der Waals surface area contributed by atoms with Crippen LogP contribution in [0.3, 0.4) is 0 Å². The number of hydrogen-bond acceptors (Lipinski definition) is 3. The fourth-order valence-corrected chi connectivity index (χ4v) is 3.53. The van der Waals surface area contributed by atoms with E-state index in [4.69, 9.17) is 0 Å². The van der Waals surface area contributed by atoms with Gasteiger partial charge in [0.05, 0.1) is 11.0 Å². The van der Waals surface area contributed by atoms with Gasteiger partial charge in [-0.3, -0.25) is 0 Å². The highest BCUT2D eigenvalue weighted by Gasteiger charge is 2.33. The zero-order chi connectivity index (χ0) is 12.5. The Balaban J connectivity index is 2.72. The Morgan fingerprint density at radius 1 is 1.62 bits per heavy atom. The Morgan fingerprint density at radius 2 is 2.19 bits per heavy atom. The van der Waals surface area contributed by atoms with Crippen LogP contribution in [0.2, 0.25) is 0 Å². The maximum Gasteiger partial charge on any atom is 0.144 e. The minimum absolute atomic E-state index is 0.347. The lowest BCUT2D eigenvalue weighted by atomic mass is 10.2. The van der Waals surface area contributed by atoms with E-state index in [1.165, 1.54) is 17.8 Å². The molecule has 1 aliphatic heterocycles. The number of halogens is 2. The second kappa shape index (κ2) is 5.42. The monoisotopic (exact) mass is 327 g/mol. The molecule has 2 nitrogen and oxygen atoms in total. The summed E-state index contributed by atoms with van der Waals surface area (Å²) in [6.45, 7) is 7.28. The lowest BCUT2D eigenvalue weighted by Gasteiger charge is -2.20. The van der Waals surface area contributed by atoms with Crippen molar-refractivity contribution in [3.05, 3.63) is 9.89 Å². The molecule has 0 radical (unpaired) electrons. The molecule has 1 heterocycles. The summed E-state index contributed by atoms with van der Waals surface area (Å²) in [4.78, 5) is 0. The first-order chi connectivity index (χ1) is 7.21. The van der Waals surface area contributed by atoms with Crippen molar-refractivity contribution >= 4 is 44.8 Å². The molecule has 1 aliphatic rings. The standard InChI is InChI=1S/C10H15BrFNOS2/c1-6(13-16(14)10(2,3)4)9-7(12)5-8(11)15-9/h5,7,9H,1-4H3. The summed E-state index contributed by atoms with van der Waals surface area (Å²) < 4.78 is 29.8. The molecular weight excluding hydrogens is 313 g/mol. The smallest absolute Gasteiger partial charge is 0.144 e. The molecule has 1 rings (SSSR count). The van der Waals surface area contributed by atoms with E-state index in [9.17, 15) is 8.94 Å². The Hall–Kier alpha value is 0.480. The predicted molar refractivity (Wildman–Crippen MR) is 74.3 cm³/mol. The van der Waals surface area contributed by atoms with Crippen LogP contribution in [0.15, 0.2) is 14.3 Å². The maximum absolute atomic E-state index is 13.5. The summed E-state index contributed by atoms with van der Waals surface area (Å²) in [5.41, 5.74) is 0.594. The van der Waals surface area contributed by atoms with Gasteiger partial charge >= 0.3 is 0 Å². The first kappa shape index (κ1) is 14.5. The Labute approximate surface area is 112 Å². The van der Waals surface area contributed by atoms with Crippen LogP contribution in [-0.4, -0.2) is 26.4 Å². The van der Waals surface area contributed by atoms with Gasteiger partial charge in [0.2, 0.25) is 0 Å². The molecule has 0 fully saturated rings. The van der Waals surface area contributed by atoms with Crippen molar-refractivity contribution in [2.24, 2.45) is 4.40 Å². The van der Waals surface area contributed by atoms with Gasteiger partial charge in [-0.05, 0) is 49.7 Å². The molecule has 0 aromatic rings. The van der Waals surface area contributed by atoms with Crippen molar-refractivity contribution in [1.82, 2.24) is 0 Å². The van der Waals surface area contributed by atoms with E-state index in [1.807, 2.05) is 20.8 Å². The molecule has 0 aromatic carbocycles. The van der Waals surface area contributed by atoms with E-state index in [-0.39, 0.29) is 5.25 Å². The van der Waals surface area contributed by atoms with Gasteiger partial charge in [0.15, 0.2) is 0 Å². The number of hydrogen-bond donors (Lipinski definition) is 0. The molecule has 3 unspecified atom stereocenters. The Morgan fingerprint density at radius 3 is 2.56 bits per heavy atom. The molecule has 16 heavy (non-hydrogen) atoms. The van der Waals surface area contributed by atoms with Crippen LogP contribution < -0.4 is 0 Å². The highest BCUT2D eigenvalue weighted by atomic mass is 79.9. The molecule has 0 saturated heterocycles. The van der Waals surface area contributed by atoms with Gasteiger partial charge in [0.1, 0.15) is 22.3 Å². The van der Waals surface area contributed by atoms with E-state index in [0.29, 0.717) is 5.71 Å². The quantitative estimate of drug-likeness (QED) is 0.573. The molecule has 0 aromatic heterocycles. The summed E-state index contributed by atoms with van der Waals surface area (Å²) >= 11 is 3.30. The fraction of sp³-hybridized carbons (Fsp3) is 0.700. The number of nitrogens with zero attached hydrogens (tertiary/aromatic N) is 1. The van der Waals surface area contributed by atoms with Gasteiger partial charge in [-0.15, -0.1) is 11.8 Å². The van der Waals surface area contributed by atoms with E-state index >= 15 is 0 Å². The number of allylic oxidation sites excluding steroid dienone is 1. The van der Waals surface area contributed by atoms with E-state index < -0.39 is 22.3 Å². The highest BCUT2D eigenvalue weighted by Crippen LogP contribution is 2.39. The van der Waals surface area contributed by atoms with Gasteiger partial charge in [0, 0.05) is 3.81 Å². The molecular formula is C10H15BrFNOS2. The van der Waals surface area contributed by atoms with Crippen molar-refractivity contribution in [2.45, 2.75) is 43.9 Å². The van der Waals surface area contributed by atoms with Crippen LogP contribution >= 0.6 is 27.7 Å². The average molecular weight is 328 g/mol. The third-order valence-corrected chi connectivity index (χ3v) is 5.52. The molecule has 0 saturated carbocycles. The van der Waals surface area contributed by atoms with Crippen molar-refractivity contribution in [1.29, 1.82) is 0 Å². The van der Waals surface area contributed by atoms with Crippen LogP contribution in [0.4, 0.5) is 4.39 Å². The first-order valence-electron chi connectivity index (χ1n) is 4.87. The number of thioether (sulfide) groups is 1. The van der Waals surface area contributed by atoms with E-state index in [0.717, 1.165) is 3.81 Å². The molecule has 6 heteroatoms. The normalized spacial score (nSPS) is 29.2. The van der Waals surface area contributed by atoms with Gasteiger partial charge < -0.3 is 4.55 Å².